The lowest BCUT2D eigenvalue weighted by Crippen LogP contribution is -2.49. The molecule has 1 heterocycles. The molecule has 6 heteroatoms. The van der Waals surface area contributed by atoms with Gasteiger partial charge in [0.15, 0.2) is 11.5 Å². The van der Waals surface area contributed by atoms with E-state index < -0.39 is 0 Å². The molecular weight excluding hydrogens is 390 g/mol. The van der Waals surface area contributed by atoms with Crippen molar-refractivity contribution in [1.29, 1.82) is 0 Å². The molecule has 3 rings (SSSR count). The number of rotatable bonds is 10. The molecule has 1 saturated heterocycles. The first-order valence-electron chi connectivity index (χ1n) is 11.1. The highest BCUT2D eigenvalue weighted by Gasteiger charge is 2.20. The van der Waals surface area contributed by atoms with Crippen LogP contribution in [0.3, 0.4) is 0 Å². The number of nitrogens with zero attached hydrogens (tertiary/aromatic N) is 2. The quantitative estimate of drug-likeness (QED) is 0.634. The van der Waals surface area contributed by atoms with Crippen molar-refractivity contribution in [3.8, 4) is 11.5 Å². The van der Waals surface area contributed by atoms with Gasteiger partial charge < -0.3 is 14.8 Å². The Bertz CT molecular complexity index is 820. The highest BCUT2D eigenvalue weighted by molar-refractivity contribution is 5.78. The third-order valence-electron chi connectivity index (χ3n) is 6.00. The van der Waals surface area contributed by atoms with E-state index in [-0.39, 0.29) is 5.91 Å². The van der Waals surface area contributed by atoms with E-state index in [1.807, 2.05) is 18.2 Å². The largest absolute Gasteiger partial charge is 0.493 e. The monoisotopic (exact) mass is 425 g/mol. The van der Waals surface area contributed by atoms with Crippen molar-refractivity contribution in [1.82, 2.24) is 15.1 Å². The number of benzene rings is 2. The van der Waals surface area contributed by atoms with E-state index in [1.165, 1.54) is 11.1 Å². The van der Waals surface area contributed by atoms with Crippen molar-refractivity contribution in [2.75, 3.05) is 53.5 Å². The number of piperazine rings is 1. The van der Waals surface area contributed by atoms with Crippen LogP contribution in [0.25, 0.3) is 0 Å². The summed E-state index contributed by atoms with van der Waals surface area (Å²) in [6, 6.07) is 16.5. The van der Waals surface area contributed by atoms with Crippen LogP contribution in [0.5, 0.6) is 11.5 Å². The van der Waals surface area contributed by atoms with Crippen molar-refractivity contribution in [3.63, 3.8) is 0 Å². The van der Waals surface area contributed by atoms with Gasteiger partial charge in [-0.2, -0.15) is 0 Å². The molecule has 2 aromatic carbocycles. The highest BCUT2D eigenvalue weighted by atomic mass is 16.5. The predicted octanol–water partition coefficient (Wildman–Crippen LogP) is 3.13. The third kappa shape index (κ3) is 6.71. The normalized spacial score (nSPS) is 16.0. The molecule has 1 atom stereocenters. The first-order valence-corrected chi connectivity index (χ1v) is 11.1. The average molecular weight is 426 g/mol. The lowest BCUT2D eigenvalue weighted by molar-refractivity contribution is -0.122. The van der Waals surface area contributed by atoms with E-state index in [1.54, 1.807) is 14.2 Å². The third-order valence-corrected chi connectivity index (χ3v) is 6.00. The molecule has 1 fully saturated rings. The number of carbonyl (C=O) groups excluding carboxylic acids is 1. The van der Waals surface area contributed by atoms with E-state index in [2.05, 4.69) is 52.4 Å². The van der Waals surface area contributed by atoms with E-state index >= 15 is 0 Å². The summed E-state index contributed by atoms with van der Waals surface area (Å²) in [4.78, 5) is 17.1. The Morgan fingerprint density at radius 3 is 2.29 bits per heavy atom. The maximum atomic E-state index is 12.5. The summed E-state index contributed by atoms with van der Waals surface area (Å²) >= 11 is 0. The smallest absolute Gasteiger partial charge is 0.234 e. The Balaban J connectivity index is 1.41. The molecular formula is C25H35N3O3. The summed E-state index contributed by atoms with van der Waals surface area (Å²) in [6.45, 7) is 7.89. The molecule has 1 amide bonds. The Kier molecular flexibility index (Phi) is 8.74. The van der Waals surface area contributed by atoms with Gasteiger partial charge in [-0.15, -0.1) is 0 Å². The number of amides is 1. The highest BCUT2D eigenvalue weighted by Crippen LogP contribution is 2.28. The molecule has 0 spiro atoms. The lowest BCUT2D eigenvalue weighted by Gasteiger charge is -2.34. The fourth-order valence-electron chi connectivity index (χ4n) is 4.06. The topological polar surface area (TPSA) is 54.0 Å². The van der Waals surface area contributed by atoms with Crippen LogP contribution in [0.1, 0.15) is 30.4 Å². The molecule has 6 nitrogen and oxygen atoms in total. The zero-order valence-electron chi connectivity index (χ0n) is 19.0. The van der Waals surface area contributed by atoms with Gasteiger partial charge in [0, 0.05) is 45.2 Å². The molecule has 1 N–H and O–H groups in total. The fraction of sp³-hybridized carbons (Fsp3) is 0.480. The average Bonchev–Trinajstić information content (AvgIpc) is 2.81. The molecule has 0 unspecified atom stereocenters. The summed E-state index contributed by atoms with van der Waals surface area (Å²) < 4.78 is 10.7. The second-order valence-electron chi connectivity index (χ2n) is 8.06. The minimum atomic E-state index is 0.114. The number of hydrogen-bond acceptors (Lipinski definition) is 5. The van der Waals surface area contributed by atoms with Gasteiger partial charge in [-0.3, -0.25) is 14.6 Å². The zero-order chi connectivity index (χ0) is 22.1. The molecule has 0 radical (unpaired) electrons. The van der Waals surface area contributed by atoms with Crippen molar-refractivity contribution in [3.05, 3.63) is 59.7 Å². The fourth-order valence-corrected chi connectivity index (χ4v) is 4.06. The molecule has 168 valence electrons. The number of carbonyl (C=O) groups is 1. The van der Waals surface area contributed by atoms with Crippen LogP contribution in [-0.2, 0) is 11.3 Å². The van der Waals surface area contributed by atoms with Crippen LogP contribution in [0.2, 0.25) is 0 Å². The van der Waals surface area contributed by atoms with Crippen LogP contribution < -0.4 is 14.8 Å². The molecule has 0 aromatic heterocycles. The van der Waals surface area contributed by atoms with Gasteiger partial charge in [-0.05, 0) is 29.7 Å². The van der Waals surface area contributed by atoms with Crippen molar-refractivity contribution >= 4 is 5.91 Å². The molecule has 31 heavy (non-hydrogen) atoms. The van der Waals surface area contributed by atoms with Gasteiger partial charge in [-0.25, -0.2) is 0 Å². The molecule has 1 aliphatic heterocycles. The second kappa shape index (κ2) is 11.7. The summed E-state index contributed by atoms with van der Waals surface area (Å²) in [5.41, 5.74) is 2.49. The Morgan fingerprint density at radius 2 is 1.65 bits per heavy atom. The van der Waals surface area contributed by atoms with Crippen LogP contribution in [0.15, 0.2) is 48.5 Å². The lowest BCUT2D eigenvalue weighted by atomic mass is 9.96. The van der Waals surface area contributed by atoms with E-state index in [9.17, 15) is 4.79 Å². The van der Waals surface area contributed by atoms with Gasteiger partial charge in [0.25, 0.3) is 0 Å². The number of nitrogens with one attached hydrogen (secondary N) is 1. The Hall–Kier alpha value is -2.57. The van der Waals surface area contributed by atoms with Crippen molar-refractivity contribution < 1.29 is 14.3 Å². The van der Waals surface area contributed by atoms with Gasteiger partial charge >= 0.3 is 0 Å². The van der Waals surface area contributed by atoms with E-state index in [0.29, 0.717) is 19.0 Å². The van der Waals surface area contributed by atoms with E-state index in [0.717, 1.165) is 50.6 Å². The van der Waals surface area contributed by atoms with Gasteiger partial charge in [-0.1, -0.05) is 43.3 Å². The van der Waals surface area contributed by atoms with Crippen LogP contribution in [0.4, 0.5) is 0 Å². The summed E-state index contributed by atoms with van der Waals surface area (Å²) in [6.07, 6.45) is 1.01. The van der Waals surface area contributed by atoms with Crippen LogP contribution >= 0.6 is 0 Å². The van der Waals surface area contributed by atoms with Crippen molar-refractivity contribution in [2.24, 2.45) is 0 Å². The van der Waals surface area contributed by atoms with Gasteiger partial charge in [0.2, 0.25) is 5.91 Å². The van der Waals surface area contributed by atoms with E-state index in [4.69, 9.17) is 9.47 Å². The zero-order valence-corrected chi connectivity index (χ0v) is 19.0. The Morgan fingerprint density at radius 1 is 0.968 bits per heavy atom. The van der Waals surface area contributed by atoms with Crippen LogP contribution in [-0.4, -0.2) is 69.2 Å². The summed E-state index contributed by atoms with van der Waals surface area (Å²) in [5, 5.41) is 3.13. The van der Waals surface area contributed by atoms with Gasteiger partial charge in [0.05, 0.1) is 20.8 Å². The number of ether oxygens (including phenoxy) is 2. The summed E-state index contributed by atoms with van der Waals surface area (Å²) in [7, 11) is 3.31. The number of methoxy groups -OCH3 is 2. The van der Waals surface area contributed by atoms with Crippen molar-refractivity contribution in [2.45, 2.75) is 25.8 Å². The first-order chi connectivity index (χ1) is 15.1. The molecule has 1 aliphatic rings. The Labute approximate surface area is 186 Å². The molecule has 2 aromatic rings. The van der Waals surface area contributed by atoms with Crippen LogP contribution in [0, 0.1) is 0 Å². The number of hydrogen-bond donors (Lipinski definition) is 1. The predicted molar refractivity (Wildman–Crippen MR) is 124 cm³/mol. The minimum Gasteiger partial charge on any atom is -0.493 e. The van der Waals surface area contributed by atoms with Gasteiger partial charge in [0.1, 0.15) is 0 Å². The first kappa shape index (κ1) is 23.1. The maximum absolute atomic E-state index is 12.5. The molecule has 0 saturated carbocycles. The second-order valence-corrected chi connectivity index (χ2v) is 8.06. The summed E-state index contributed by atoms with van der Waals surface area (Å²) in [5.74, 6) is 1.99. The standard InChI is InChI=1S/C25H35N3O3/c1-4-21(22-8-6-5-7-9-22)17-26-25(29)19-28-14-12-27(13-15-28)18-20-10-11-23(30-2)24(16-20)31-3/h5-11,16,21H,4,12-15,17-19H2,1-3H3,(H,26,29)/t21-/m1/s1. The minimum absolute atomic E-state index is 0.114. The molecule has 0 bridgehead atoms. The maximum Gasteiger partial charge on any atom is 0.234 e. The SMILES string of the molecule is CC[C@H](CNC(=O)CN1CCN(Cc2ccc(OC)c(OC)c2)CC1)c1ccccc1. The molecule has 0 aliphatic carbocycles.